The van der Waals surface area contributed by atoms with Gasteiger partial charge < -0.3 is 28.6 Å². The average Bonchev–Trinajstić information content (AvgIpc) is 3.06. The van der Waals surface area contributed by atoms with Gasteiger partial charge in [-0.2, -0.15) is 0 Å². The molecule has 288 valence electrons. The molecule has 0 aromatic heterocycles. The minimum Gasteiger partial charge on any atom is -0.544 e. The number of quaternary nitrogens is 1. The maximum atomic E-state index is 12.6. The second kappa shape index (κ2) is 33.4. The molecular weight excluding hydrogens is 630 g/mol. The van der Waals surface area contributed by atoms with Crippen molar-refractivity contribution in [3.63, 3.8) is 0 Å². The zero-order valence-electron chi connectivity index (χ0n) is 32.5. The number of aliphatic carboxylic acids is 1. The normalized spacial score (nSPS) is 13.5. The van der Waals surface area contributed by atoms with Crippen molar-refractivity contribution in [1.82, 2.24) is 0 Å². The Morgan fingerprint density at radius 3 is 1.68 bits per heavy atom. The van der Waals surface area contributed by atoms with E-state index in [1.807, 2.05) is 0 Å². The van der Waals surface area contributed by atoms with Crippen LogP contribution in [0.5, 0.6) is 0 Å². The van der Waals surface area contributed by atoms with Crippen LogP contribution in [0.25, 0.3) is 0 Å². The first-order chi connectivity index (χ1) is 24.1. The summed E-state index contributed by atoms with van der Waals surface area (Å²) in [5.74, 6) is -1.80. The van der Waals surface area contributed by atoms with Crippen LogP contribution >= 0.6 is 0 Å². The number of carboxylic acid groups (broad SMARTS) is 1. The molecule has 0 aromatic carbocycles. The number of carbonyl (C=O) groups is 3. The van der Waals surface area contributed by atoms with Gasteiger partial charge in [0, 0.05) is 19.3 Å². The van der Waals surface area contributed by atoms with Crippen LogP contribution in [0.3, 0.4) is 0 Å². The zero-order chi connectivity index (χ0) is 37.1. The third-order valence-corrected chi connectivity index (χ3v) is 8.45. The minimum atomic E-state index is -1.13. The van der Waals surface area contributed by atoms with Crippen molar-refractivity contribution in [2.24, 2.45) is 0 Å². The summed E-state index contributed by atoms with van der Waals surface area (Å²) in [4.78, 5) is 36.6. The lowest BCUT2D eigenvalue weighted by Gasteiger charge is -2.34. The van der Waals surface area contributed by atoms with Crippen LogP contribution in [-0.2, 0) is 28.6 Å². The third-order valence-electron chi connectivity index (χ3n) is 8.45. The van der Waals surface area contributed by atoms with Crippen LogP contribution in [0.1, 0.15) is 149 Å². The molecule has 8 nitrogen and oxygen atoms in total. The van der Waals surface area contributed by atoms with Gasteiger partial charge in [-0.1, -0.05) is 107 Å². The molecule has 0 aliphatic carbocycles. The number of likely N-dealkylation sites (N-methyl/N-ethyl adjacent to an activating group) is 1. The van der Waals surface area contributed by atoms with E-state index in [0.717, 1.165) is 64.2 Å². The smallest absolute Gasteiger partial charge is 0.306 e. The Bertz CT molecular complexity index is 964. The number of hydrogen-bond acceptors (Lipinski definition) is 7. The summed E-state index contributed by atoms with van der Waals surface area (Å²) in [5.41, 5.74) is 0. The van der Waals surface area contributed by atoms with E-state index in [4.69, 9.17) is 14.2 Å². The molecule has 0 aromatic rings. The van der Waals surface area contributed by atoms with Crippen LogP contribution in [-0.4, -0.2) is 75.5 Å². The van der Waals surface area contributed by atoms with Crippen molar-refractivity contribution >= 4 is 17.9 Å². The van der Waals surface area contributed by atoms with Crippen molar-refractivity contribution in [3.8, 4) is 0 Å². The van der Waals surface area contributed by atoms with E-state index < -0.39 is 18.1 Å². The minimum absolute atomic E-state index is 0.0259. The number of ether oxygens (including phenoxy) is 3. The fourth-order valence-electron chi connectivity index (χ4n) is 5.37. The molecule has 0 bridgehead atoms. The Labute approximate surface area is 306 Å². The first-order valence-electron chi connectivity index (χ1n) is 19.7. The molecule has 0 N–H and O–H groups in total. The molecule has 0 aliphatic rings. The highest BCUT2D eigenvalue weighted by atomic mass is 16.6. The lowest BCUT2D eigenvalue weighted by atomic mass is 10.1. The molecule has 2 atom stereocenters. The highest BCUT2D eigenvalue weighted by Crippen LogP contribution is 2.13. The molecule has 0 saturated heterocycles. The van der Waals surface area contributed by atoms with Gasteiger partial charge in [-0.15, -0.1) is 0 Å². The lowest BCUT2D eigenvalue weighted by molar-refractivity contribution is -0.889. The molecule has 0 spiro atoms. The molecule has 0 saturated carbocycles. The van der Waals surface area contributed by atoms with Crippen LogP contribution < -0.4 is 5.11 Å². The fraction of sp³-hybridized carbons (Fsp3) is 0.738. The molecule has 2 unspecified atom stereocenters. The molecule has 0 heterocycles. The number of unbranched alkanes of at least 4 members (excludes halogenated alkanes) is 12. The van der Waals surface area contributed by atoms with Gasteiger partial charge in [0.1, 0.15) is 12.6 Å². The van der Waals surface area contributed by atoms with Crippen molar-refractivity contribution in [3.05, 3.63) is 48.6 Å². The number of allylic oxidation sites excluding steroid dienone is 8. The summed E-state index contributed by atoms with van der Waals surface area (Å²) in [6.07, 6.45) is 37.2. The van der Waals surface area contributed by atoms with Crippen molar-refractivity contribution < 1.29 is 38.2 Å². The van der Waals surface area contributed by atoms with Crippen molar-refractivity contribution in [2.75, 3.05) is 41.0 Å². The lowest BCUT2D eigenvalue weighted by Crippen LogP contribution is -2.55. The Morgan fingerprint density at radius 1 is 0.620 bits per heavy atom. The summed E-state index contributed by atoms with van der Waals surface area (Å²) in [5, 5.41) is 11.6. The van der Waals surface area contributed by atoms with Gasteiger partial charge in [0.05, 0.1) is 40.3 Å². The van der Waals surface area contributed by atoms with E-state index >= 15 is 0 Å². The average molecular weight is 704 g/mol. The van der Waals surface area contributed by atoms with Gasteiger partial charge in [0.25, 0.3) is 0 Å². The second-order valence-corrected chi connectivity index (χ2v) is 14.1. The predicted octanol–water partition coefficient (Wildman–Crippen LogP) is 8.74. The number of esters is 2. The van der Waals surface area contributed by atoms with Gasteiger partial charge in [-0.25, -0.2) is 0 Å². The molecule has 0 fully saturated rings. The second-order valence-electron chi connectivity index (χ2n) is 14.1. The van der Waals surface area contributed by atoms with E-state index in [1.165, 1.54) is 51.4 Å². The van der Waals surface area contributed by atoms with Crippen molar-refractivity contribution in [2.45, 2.75) is 161 Å². The third kappa shape index (κ3) is 31.3. The van der Waals surface area contributed by atoms with Gasteiger partial charge in [-0.05, 0) is 70.6 Å². The van der Waals surface area contributed by atoms with E-state index in [2.05, 4.69) is 62.5 Å². The Morgan fingerprint density at radius 2 is 1.12 bits per heavy atom. The topological polar surface area (TPSA) is 102 Å². The Hall–Kier alpha value is -2.71. The summed E-state index contributed by atoms with van der Waals surface area (Å²) in [7, 11) is 5.38. The monoisotopic (exact) mass is 704 g/mol. The highest BCUT2D eigenvalue weighted by molar-refractivity contribution is 5.70. The van der Waals surface area contributed by atoms with Crippen LogP contribution in [0.2, 0.25) is 0 Å². The van der Waals surface area contributed by atoms with Crippen LogP contribution in [0.4, 0.5) is 0 Å². The number of carboxylic acids is 1. The van der Waals surface area contributed by atoms with Gasteiger partial charge in [-0.3, -0.25) is 9.59 Å². The first-order valence-corrected chi connectivity index (χ1v) is 19.7. The maximum Gasteiger partial charge on any atom is 0.306 e. The van der Waals surface area contributed by atoms with E-state index in [0.29, 0.717) is 12.8 Å². The summed E-state index contributed by atoms with van der Waals surface area (Å²) < 4.78 is 17.0. The molecular formula is C42H73NO7. The highest BCUT2D eigenvalue weighted by Gasteiger charge is 2.25. The fourth-order valence-corrected chi connectivity index (χ4v) is 5.37. The van der Waals surface area contributed by atoms with Crippen LogP contribution in [0, 0.1) is 0 Å². The van der Waals surface area contributed by atoms with Crippen LogP contribution in [0.15, 0.2) is 48.6 Å². The van der Waals surface area contributed by atoms with E-state index in [-0.39, 0.29) is 42.7 Å². The number of carbonyl (C=O) groups excluding carboxylic acids is 3. The number of rotatable bonds is 34. The molecule has 0 radical (unpaired) electrons. The number of nitrogens with zero attached hydrogens (tertiary/aromatic N) is 1. The van der Waals surface area contributed by atoms with Crippen molar-refractivity contribution in [1.29, 1.82) is 0 Å². The first kappa shape index (κ1) is 47.3. The molecule has 0 aliphatic heterocycles. The predicted molar refractivity (Wildman–Crippen MR) is 203 cm³/mol. The standard InChI is InChI=1S/C42H73NO7/c1-6-8-10-12-14-16-17-18-19-20-21-22-23-25-27-29-31-33-41(45)50-38(36-48-35-34-39(42(46)47)43(3,4)5)37-49-40(44)32-30-28-26-24-15-13-11-9-7-2/h9,11,14-16,18-19,24,38-39H,6-8,10,12-13,17,20-23,25-37H2,1-5H3/b11-9+,16-14+,19-18+,24-15+. The SMILES string of the molecule is CC/C=C/C/C=C/CCCCC(=O)OCC(COCCC(C(=O)[O-])[N+](C)(C)C)OC(=O)CCCCCCCCC/C=C/C/C=C/CCCCC. The maximum absolute atomic E-state index is 12.6. The molecule has 0 rings (SSSR count). The Balaban J connectivity index is 4.41. The van der Waals surface area contributed by atoms with E-state index in [1.54, 1.807) is 21.1 Å². The van der Waals surface area contributed by atoms with Gasteiger partial charge in [0.2, 0.25) is 0 Å². The largest absolute Gasteiger partial charge is 0.544 e. The van der Waals surface area contributed by atoms with Gasteiger partial charge >= 0.3 is 11.9 Å². The van der Waals surface area contributed by atoms with Gasteiger partial charge in [0.15, 0.2) is 6.10 Å². The van der Waals surface area contributed by atoms with E-state index in [9.17, 15) is 19.5 Å². The molecule has 8 heteroatoms. The molecule has 0 amide bonds. The zero-order valence-corrected chi connectivity index (χ0v) is 32.5. The molecule has 50 heavy (non-hydrogen) atoms. The Kier molecular flexibility index (Phi) is 31.6. The quantitative estimate of drug-likeness (QED) is 0.0286. The number of hydrogen-bond donors (Lipinski definition) is 0. The summed E-state index contributed by atoms with van der Waals surface area (Å²) >= 11 is 0. The summed E-state index contributed by atoms with van der Waals surface area (Å²) in [6, 6.07) is -0.731. The summed E-state index contributed by atoms with van der Waals surface area (Å²) in [6.45, 7) is 4.44.